The Kier molecular flexibility index (Phi) is 5.40. The maximum Gasteiger partial charge on any atom is 0.256 e. The van der Waals surface area contributed by atoms with E-state index >= 15 is 0 Å². The van der Waals surface area contributed by atoms with Crippen LogP contribution in [-0.2, 0) is 17.6 Å². The number of aromatic nitrogens is 3. The lowest BCUT2D eigenvalue weighted by molar-refractivity contribution is 0.0951. The summed E-state index contributed by atoms with van der Waals surface area (Å²) < 4.78 is 14.5. The number of halogens is 1. The van der Waals surface area contributed by atoms with Crippen LogP contribution >= 0.6 is 0 Å². The summed E-state index contributed by atoms with van der Waals surface area (Å²) in [7, 11) is 0. The van der Waals surface area contributed by atoms with Crippen molar-refractivity contribution in [2.24, 2.45) is 0 Å². The van der Waals surface area contributed by atoms with Crippen molar-refractivity contribution in [1.82, 2.24) is 25.6 Å². The summed E-state index contributed by atoms with van der Waals surface area (Å²) >= 11 is 0. The number of fused-ring (bicyclic) bond motifs is 2. The van der Waals surface area contributed by atoms with Gasteiger partial charge in [-0.2, -0.15) is 4.98 Å². The van der Waals surface area contributed by atoms with E-state index in [1.165, 1.54) is 44.0 Å². The molecule has 1 aliphatic heterocycles. The van der Waals surface area contributed by atoms with Gasteiger partial charge in [0.25, 0.3) is 5.91 Å². The standard InChI is InChI=1S/C27H30FN7O/c1-26(2,28)21-4-3-5-22(33-21)34-23-19(24(36)31-17-6-7-17)15-29-25(35-23)32-18-8-9-20-16(14-18)10-13-30-27(20)11-12-27/h3-5,8-9,14-15,17,30H,6-7,10-13H2,1-2H3,(H,31,36)(H2,29,32,33,34,35). The first-order chi connectivity index (χ1) is 17.3. The van der Waals surface area contributed by atoms with Crippen molar-refractivity contribution in [3.8, 4) is 0 Å². The van der Waals surface area contributed by atoms with E-state index in [2.05, 4.69) is 48.4 Å². The van der Waals surface area contributed by atoms with Gasteiger partial charge in [0.1, 0.15) is 22.9 Å². The van der Waals surface area contributed by atoms with Crippen LogP contribution in [0.25, 0.3) is 0 Å². The number of alkyl halides is 1. The number of carbonyl (C=O) groups excluding carboxylic acids is 1. The lowest BCUT2D eigenvalue weighted by Gasteiger charge is -2.27. The number of nitrogens with one attached hydrogen (secondary N) is 4. The minimum Gasteiger partial charge on any atom is -0.349 e. The Bertz CT molecular complexity index is 1330. The van der Waals surface area contributed by atoms with E-state index < -0.39 is 5.67 Å². The largest absolute Gasteiger partial charge is 0.349 e. The van der Waals surface area contributed by atoms with Gasteiger partial charge in [-0.05, 0) is 81.3 Å². The van der Waals surface area contributed by atoms with Crippen molar-refractivity contribution in [2.75, 3.05) is 17.2 Å². The minimum atomic E-state index is -1.59. The molecule has 1 spiro atoms. The van der Waals surface area contributed by atoms with Crippen molar-refractivity contribution in [1.29, 1.82) is 0 Å². The highest BCUT2D eigenvalue weighted by atomic mass is 19.1. The molecule has 0 atom stereocenters. The van der Waals surface area contributed by atoms with E-state index in [0.29, 0.717) is 28.8 Å². The molecule has 0 bridgehead atoms. The van der Waals surface area contributed by atoms with Crippen LogP contribution in [0.2, 0.25) is 0 Å². The molecule has 9 heteroatoms. The second kappa shape index (κ2) is 8.51. The summed E-state index contributed by atoms with van der Waals surface area (Å²) in [5.41, 5.74) is 2.80. The number of hydrogen-bond donors (Lipinski definition) is 4. The molecule has 6 rings (SSSR count). The number of nitrogens with zero attached hydrogens (tertiary/aromatic N) is 3. The van der Waals surface area contributed by atoms with Crippen LogP contribution in [0.4, 0.5) is 27.7 Å². The average molecular weight is 488 g/mol. The van der Waals surface area contributed by atoms with Gasteiger partial charge in [0.05, 0.1) is 5.69 Å². The Morgan fingerprint density at radius 2 is 1.97 bits per heavy atom. The predicted octanol–water partition coefficient (Wildman–Crippen LogP) is 4.59. The lowest BCUT2D eigenvalue weighted by atomic mass is 9.92. The van der Waals surface area contributed by atoms with E-state index in [-0.39, 0.29) is 17.5 Å². The smallest absolute Gasteiger partial charge is 0.256 e. The molecule has 3 aliphatic rings. The van der Waals surface area contributed by atoms with Crippen LogP contribution < -0.4 is 21.3 Å². The molecule has 0 saturated heterocycles. The highest BCUT2D eigenvalue weighted by Gasteiger charge is 2.46. The quantitative estimate of drug-likeness (QED) is 0.386. The average Bonchev–Trinajstić information content (AvgIpc) is 3.78. The summed E-state index contributed by atoms with van der Waals surface area (Å²) in [5.74, 6) is 0.826. The normalized spacial score (nSPS) is 17.9. The molecule has 4 N–H and O–H groups in total. The number of amides is 1. The lowest BCUT2D eigenvalue weighted by Crippen LogP contribution is -2.36. The zero-order valence-electron chi connectivity index (χ0n) is 20.5. The Labute approximate surface area is 209 Å². The van der Waals surface area contributed by atoms with Gasteiger partial charge in [0.2, 0.25) is 5.95 Å². The molecule has 8 nitrogen and oxygen atoms in total. The van der Waals surface area contributed by atoms with Gasteiger partial charge in [0.15, 0.2) is 0 Å². The number of rotatable bonds is 7. The molecular formula is C27H30FN7O. The molecule has 3 aromatic rings. The van der Waals surface area contributed by atoms with Crippen molar-refractivity contribution in [2.45, 2.75) is 63.2 Å². The third kappa shape index (κ3) is 4.63. The van der Waals surface area contributed by atoms with Gasteiger partial charge in [-0.15, -0.1) is 0 Å². The van der Waals surface area contributed by atoms with Crippen molar-refractivity contribution in [3.63, 3.8) is 0 Å². The Balaban J connectivity index is 1.29. The molecule has 36 heavy (non-hydrogen) atoms. The minimum absolute atomic E-state index is 0.173. The van der Waals surface area contributed by atoms with E-state index in [0.717, 1.165) is 31.5 Å². The van der Waals surface area contributed by atoms with Crippen molar-refractivity contribution in [3.05, 3.63) is 65.0 Å². The van der Waals surface area contributed by atoms with Crippen LogP contribution in [0.3, 0.4) is 0 Å². The van der Waals surface area contributed by atoms with Crippen molar-refractivity contribution < 1.29 is 9.18 Å². The van der Waals surface area contributed by atoms with E-state index in [4.69, 9.17) is 0 Å². The molecule has 2 fully saturated rings. The fourth-order valence-electron chi connectivity index (χ4n) is 4.73. The number of hydrogen-bond acceptors (Lipinski definition) is 7. The molecular weight excluding hydrogens is 457 g/mol. The zero-order chi connectivity index (χ0) is 24.9. The van der Waals surface area contributed by atoms with E-state index in [1.807, 2.05) is 6.07 Å². The molecule has 1 aromatic carbocycles. The van der Waals surface area contributed by atoms with Gasteiger partial charge in [-0.3, -0.25) is 4.79 Å². The van der Waals surface area contributed by atoms with Gasteiger partial charge in [-0.1, -0.05) is 12.1 Å². The molecule has 3 heterocycles. The fourth-order valence-corrected chi connectivity index (χ4v) is 4.73. The second-order valence-electron chi connectivity index (χ2n) is 10.5. The topological polar surface area (TPSA) is 104 Å². The molecule has 2 aliphatic carbocycles. The first-order valence-electron chi connectivity index (χ1n) is 12.6. The third-order valence-electron chi connectivity index (χ3n) is 7.04. The predicted molar refractivity (Wildman–Crippen MR) is 137 cm³/mol. The number of pyridine rings is 1. The van der Waals surface area contributed by atoms with Crippen LogP contribution in [-0.4, -0.2) is 33.4 Å². The van der Waals surface area contributed by atoms with Crippen LogP contribution in [0.15, 0.2) is 42.6 Å². The van der Waals surface area contributed by atoms with E-state index in [1.54, 1.807) is 18.2 Å². The summed E-state index contributed by atoms with van der Waals surface area (Å²) in [6.45, 7) is 3.90. The monoisotopic (exact) mass is 487 g/mol. The molecule has 0 unspecified atom stereocenters. The van der Waals surface area contributed by atoms with Gasteiger partial charge in [-0.25, -0.2) is 14.4 Å². The highest BCUT2D eigenvalue weighted by Crippen LogP contribution is 2.49. The molecule has 0 radical (unpaired) electrons. The van der Waals surface area contributed by atoms with E-state index in [9.17, 15) is 9.18 Å². The van der Waals surface area contributed by atoms with Gasteiger partial charge in [0, 0.05) is 30.0 Å². The summed E-state index contributed by atoms with van der Waals surface area (Å²) in [5, 5.41) is 13.0. The molecule has 2 saturated carbocycles. The first kappa shape index (κ1) is 22.8. The number of carbonyl (C=O) groups is 1. The maximum absolute atomic E-state index is 14.5. The Morgan fingerprint density at radius 1 is 1.14 bits per heavy atom. The van der Waals surface area contributed by atoms with Gasteiger partial charge >= 0.3 is 0 Å². The van der Waals surface area contributed by atoms with Crippen molar-refractivity contribution >= 4 is 29.2 Å². The second-order valence-corrected chi connectivity index (χ2v) is 10.5. The summed E-state index contributed by atoms with van der Waals surface area (Å²) in [6.07, 6.45) is 6.81. The number of anilines is 4. The molecule has 186 valence electrons. The fraction of sp³-hybridized carbons (Fsp3) is 0.407. The maximum atomic E-state index is 14.5. The highest BCUT2D eigenvalue weighted by molar-refractivity contribution is 5.99. The van der Waals surface area contributed by atoms with Crippen LogP contribution in [0.5, 0.6) is 0 Å². The summed E-state index contributed by atoms with van der Waals surface area (Å²) in [6, 6.07) is 11.7. The first-order valence-corrected chi connectivity index (χ1v) is 12.6. The molecule has 2 aromatic heterocycles. The third-order valence-corrected chi connectivity index (χ3v) is 7.04. The summed E-state index contributed by atoms with van der Waals surface area (Å²) in [4.78, 5) is 26.3. The Hall–Kier alpha value is -3.59. The molecule has 1 amide bonds. The Morgan fingerprint density at radius 3 is 2.72 bits per heavy atom. The number of benzene rings is 1. The van der Waals surface area contributed by atoms with Crippen LogP contribution in [0.1, 0.15) is 66.7 Å². The van der Waals surface area contributed by atoms with Gasteiger partial charge < -0.3 is 21.3 Å². The van der Waals surface area contributed by atoms with Crippen LogP contribution in [0, 0.1) is 0 Å². The SMILES string of the molecule is CC(C)(F)c1cccc(Nc2nc(Nc3ccc4c(c3)CCNC43CC3)ncc2C(=O)NC2CC2)n1. The zero-order valence-corrected chi connectivity index (χ0v) is 20.5.